The summed E-state index contributed by atoms with van der Waals surface area (Å²) in [5.41, 5.74) is 9.67. The largest absolute Gasteiger partial charge is 0.416 e. The third-order valence-electron chi connectivity index (χ3n) is 8.07. The lowest BCUT2D eigenvalue weighted by Crippen LogP contribution is -2.07. The standard InChI is InChI=1S/C43H34F3N/c1-6-31-27-37(32(7-2)26-36(31)15-14-30-12-10-9-11-13-30)16-17-38-29-41(35-20-24-40(25-21-35)47(4)5)33(8-3)28-42(38)34-18-22-39(23-19-34)43(44,45)46/h3,9-13,18-29H,6-7H2,1-2,4-5H3. The molecule has 5 rings (SSSR count). The molecular formula is C43H34F3N. The molecule has 5 aromatic rings. The van der Waals surface area contributed by atoms with Crippen molar-refractivity contribution < 1.29 is 13.2 Å². The number of rotatable bonds is 5. The van der Waals surface area contributed by atoms with Crippen molar-refractivity contribution in [2.45, 2.75) is 32.9 Å². The van der Waals surface area contributed by atoms with Gasteiger partial charge in [-0.2, -0.15) is 13.2 Å². The number of halogens is 3. The predicted molar refractivity (Wildman–Crippen MR) is 188 cm³/mol. The van der Waals surface area contributed by atoms with E-state index in [2.05, 4.69) is 55.6 Å². The number of hydrogen-bond acceptors (Lipinski definition) is 1. The SMILES string of the molecule is C#Cc1cc(-c2ccc(C(F)(F)F)cc2)c(C#Cc2cc(CC)c(C#Cc3ccccc3)cc2CC)cc1-c1ccc(N(C)C)cc1. The minimum Gasteiger partial charge on any atom is -0.378 e. The Bertz CT molecular complexity index is 2060. The van der Waals surface area contributed by atoms with Crippen molar-refractivity contribution in [2.75, 3.05) is 19.0 Å². The topological polar surface area (TPSA) is 3.24 Å². The van der Waals surface area contributed by atoms with Gasteiger partial charge in [-0.15, -0.1) is 6.42 Å². The van der Waals surface area contributed by atoms with E-state index in [4.69, 9.17) is 6.42 Å². The van der Waals surface area contributed by atoms with Gasteiger partial charge in [-0.05, 0) is 107 Å². The molecule has 47 heavy (non-hydrogen) atoms. The number of nitrogens with zero attached hydrogens (tertiary/aromatic N) is 1. The van der Waals surface area contributed by atoms with Crippen molar-refractivity contribution in [3.8, 4) is 58.3 Å². The molecule has 0 heterocycles. The highest BCUT2D eigenvalue weighted by Gasteiger charge is 2.30. The van der Waals surface area contributed by atoms with Crippen LogP contribution in [0.2, 0.25) is 0 Å². The summed E-state index contributed by atoms with van der Waals surface area (Å²) in [6.07, 6.45) is 3.12. The van der Waals surface area contributed by atoms with Crippen LogP contribution in [0, 0.1) is 36.0 Å². The van der Waals surface area contributed by atoms with Gasteiger partial charge < -0.3 is 4.90 Å². The summed E-state index contributed by atoms with van der Waals surface area (Å²) in [6, 6.07) is 31.1. The number of anilines is 1. The zero-order valence-corrected chi connectivity index (χ0v) is 26.9. The maximum absolute atomic E-state index is 13.4. The van der Waals surface area contributed by atoms with Gasteiger partial charge in [-0.3, -0.25) is 0 Å². The molecule has 0 aliphatic carbocycles. The molecule has 0 radical (unpaired) electrons. The van der Waals surface area contributed by atoms with Crippen LogP contribution in [0.3, 0.4) is 0 Å². The van der Waals surface area contributed by atoms with E-state index < -0.39 is 11.7 Å². The van der Waals surface area contributed by atoms with Crippen LogP contribution < -0.4 is 4.90 Å². The molecule has 0 amide bonds. The van der Waals surface area contributed by atoms with Gasteiger partial charge in [0.05, 0.1) is 5.56 Å². The zero-order valence-electron chi connectivity index (χ0n) is 26.9. The number of alkyl halides is 3. The summed E-state index contributed by atoms with van der Waals surface area (Å²) in [5, 5.41) is 0. The molecule has 0 N–H and O–H groups in total. The van der Waals surface area contributed by atoms with Gasteiger partial charge >= 0.3 is 6.18 Å². The van der Waals surface area contributed by atoms with Crippen LogP contribution in [-0.2, 0) is 19.0 Å². The summed E-state index contributed by atoms with van der Waals surface area (Å²) in [6.45, 7) is 4.19. The van der Waals surface area contributed by atoms with E-state index in [0.29, 0.717) is 22.3 Å². The molecule has 0 saturated heterocycles. The van der Waals surface area contributed by atoms with Crippen LogP contribution in [0.1, 0.15) is 58.4 Å². The second-order valence-electron chi connectivity index (χ2n) is 11.3. The highest BCUT2D eigenvalue weighted by atomic mass is 19.4. The van der Waals surface area contributed by atoms with E-state index in [1.807, 2.05) is 85.7 Å². The van der Waals surface area contributed by atoms with Gasteiger partial charge in [0.2, 0.25) is 0 Å². The quantitative estimate of drug-likeness (QED) is 0.177. The number of benzene rings is 5. The molecule has 0 aromatic heterocycles. The molecule has 0 aliphatic heterocycles. The first-order valence-electron chi connectivity index (χ1n) is 15.5. The first-order chi connectivity index (χ1) is 22.6. The highest BCUT2D eigenvalue weighted by Crippen LogP contribution is 2.35. The molecule has 232 valence electrons. The van der Waals surface area contributed by atoms with Gasteiger partial charge in [-0.25, -0.2) is 0 Å². The molecule has 0 saturated carbocycles. The fraction of sp³-hybridized carbons (Fsp3) is 0.163. The predicted octanol–water partition coefficient (Wildman–Crippen LogP) is 10.0. The van der Waals surface area contributed by atoms with E-state index >= 15 is 0 Å². The summed E-state index contributed by atoms with van der Waals surface area (Å²) >= 11 is 0. The van der Waals surface area contributed by atoms with Gasteiger partial charge in [0.1, 0.15) is 0 Å². The lowest BCUT2D eigenvalue weighted by atomic mass is 9.90. The summed E-state index contributed by atoms with van der Waals surface area (Å²) < 4.78 is 40.2. The van der Waals surface area contributed by atoms with Crippen LogP contribution in [0.15, 0.2) is 103 Å². The number of hydrogen-bond donors (Lipinski definition) is 0. The zero-order chi connectivity index (χ0) is 33.6. The molecule has 1 nitrogen and oxygen atoms in total. The van der Waals surface area contributed by atoms with Crippen LogP contribution >= 0.6 is 0 Å². The van der Waals surface area contributed by atoms with Crippen molar-refractivity contribution in [2.24, 2.45) is 0 Å². The number of aryl methyl sites for hydroxylation is 2. The molecule has 0 fully saturated rings. The Labute approximate surface area is 276 Å². The van der Waals surface area contributed by atoms with Crippen LogP contribution in [0.25, 0.3) is 22.3 Å². The Hall–Kier alpha value is -5.63. The Balaban J connectivity index is 1.66. The Morgan fingerprint density at radius 2 is 1.09 bits per heavy atom. The third kappa shape index (κ3) is 7.61. The third-order valence-corrected chi connectivity index (χ3v) is 8.07. The number of terminal acetylenes is 1. The Morgan fingerprint density at radius 1 is 0.596 bits per heavy atom. The lowest BCUT2D eigenvalue weighted by Gasteiger charge is -2.15. The van der Waals surface area contributed by atoms with Crippen molar-refractivity contribution in [1.82, 2.24) is 0 Å². The highest BCUT2D eigenvalue weighted by molar-refractivity contribution is 5.82. The molecule has 5 aromatic carbocycles. The van der Waals surface area contributed by atoms with Gasteiger partial charge in [0.15, 0.2) is 0 Å². The van der Waals surface area contributed by atoms with Gasteiger partial charge in [-0.1, -0.05) is 85.9 Å². The minimum absolute atomic E-state index is 0.602. The monoisotopic (exact) mass is 621 g/mol. The lowest BCUT2D eigenvalue weighted by molar-refractivity contribution is -0.137. The minimum atomic E-state index is -4.43. The average molecular weight is 622 g/mol. The Morgan fingerprint density at radius 3 is 1.60 bits per heavy atom. The first-order valence-corrected chi connectivity index (χ1v) is 15.5. The van der Waals surface area contributed by atoms with E-state index in [0.717, 1.165) is 69.6 Å². The van der Waals surface area contributed by atoms with E-state index in [1.165, 1.54) is 12.1 Å². The normalized spacial score (nSPS) is 10.7. The molecule has 0 unspecified atom stereocenters. The molecule has 4 heteroatoms. The van der Waals surface area contributed by atoms with Crippen LogP contribution in [-0.4, -0.2) is 14.1 Å². The average Bonchev–Trinajstić information content (AvgIpc) is 3.09. The summed E-state index contributed by atoms with van der Waals surface area (Å²) in [4.78, 5) is 2.02. The summed E-state index contributed by atoms with van der Waals surface area (Å²) in [7, 11) is 3.96. The van der Waals surface area contributed by atoms with Gasteiger partial charge in [0, 0.05) is 47.6 Å². The van der Waals surface area contributed by atoms with Crippen molar-refractivity contribution in [1.29, 1.82) is 0 Å². The van der Waals surface area contributed by atoms with Crippen LogP contribution in [0.4, 0.5) is 18.9 Å². The van der Waals surface area contributed by atoms with Crippen molar-refractivity contribution in [3.63, 3.8) is 0 Å². The molecule has 0 atom stereocenters. The van der Waals surface area contributed by atoms with Gasteiger partial charge in [0.25, 0.3) is 0 Å². The molecule has 0 spiro atoms. The second-order valence-corrected chi connectivity index (χ2v) is 11.3. The van der Waals surface area contributed by atoms with E-state index in [9.17, 15) is 13.2 Å². The van der Waals surface area contributed by atoms with Crippen molar-refractivity contribution >= 4 is 5.69 Å². The Kier molecular flexibility index (Phi) is 9.90. The fourth-order valence-electron chi connectivity index (χ4n) is 5.38. The smallest absolute Gasteiger partial charge is 0.378 e. The van der Waals surface area contributed by atoms with E-state index in [-0.39, 0.29) is 0 Å². The molecular weight excluding hydrogens is 587 g/mol. The first kappa shape index (κ1) is 32.8. The van der Waals surface area contributed by atoms with Crippen LogP contribution in [0.5, 0.6) is 0 Å². The van der Waals surface area contributed by atoms with Crippen molar-refractivity contribution in [3.05, 3.63) is 148 Å². The maximum Gasteiger partial charge on any atom is 0.416 e. The summed E-state index contributed by atoms with van der Waals surface area (Å²) in [5.74, 6) is 16.2. The maximum atomic E-state index is 13.4. The van der Waals surface area contributed by atoms with E-state index in [1.54, 1.807) is 0 Å². The molecule has 0 aliphatic rings. The fourth-order valence-corrected chi connectivity index (χ4v) is 5.38. The second kappa shape index (κ2) is 14.2. The molecule has 0 bridgehead atoms.